The predicted molar refractivity (Wildman–Crippen MR) is 56.1 cm³/mol. The van der Waals surface area contributed by atoms with Crippen molar-refractivity contribution in [1.29, 1.82) is 0 Å². The zero-order chi connectivity index (χ0) is 9.80. The molecule has 0 spiro atoms. The van der Waals surface area contributed by atoms with Crippen LogP contribution in [0.2, 0.25) is 0 Å². The summed E-state index contributed by atoms with van der Waals surface area (Å²) in [5.74, 6) is 0.888. The Balaban J connectivity index is 1.78. The van der Waals surface area contributed by atoms with Gasteiger partial charge in [-0.05, 0) is 18.4 Å². The van der Waals surface area contributed by atoms with E-state index in [-0.39, 0.29) is 0 Å². The number of hydrogen-bond donors (Lipinski definition) is 1. The van der Waals surface area contributed by atoms with E-state index in [1.165, 1.54) is 4.88 Å². The van der Waals surface area contributed by atoms with Crippen LogP contribution in [0.25, 0.3) is 0 Å². The quantitative estimate of drug-likeness (QED) is 0.838. The molecular formula is C10H12N2OS. The van der Waals surface area contributed by atoms with Gasteiger partial charge in [-0.15, -0.1) is 11.3 Å². The summed E-state index contributed by atoms with van der Waals surface area (Å²) in [6.45, 7) is 3.54. The van der Waals surface area contributed by atoms with Gasteiger partial charge in [0, 0.05) is 17.5 Å². The molecule has 0 amide bonds. The summed E-state index contributed by atoms with van der Waals surface area (Å²) < 4.78 is 5.07. The maximum Gasteiger partial charge on any atom is 0.150 e. The molecular weight excluding hydrogens is 196 g/mol. The van der Waals surface area contributed by atoms with E-state index in [9.17, 15) is 0 Å². The number of aromatic nitrogens is 1. The van der Waals surface area contributed by atoms with Crippen molar-refractivity contribution in [2.24, 2.45) is 0 Å². The van der Waals surface area contributed by atoms with E-state index in [1.807, 2.05) is 13.0 Å². The molecule has 74 valence electrons. The Morgan fingerprint density at radius 3 is 3.07 bits per heavy atom. The highest BCUT2D eigenvalue weighted by atomic mass is 32.1. The zero-order valence-electron chi connectivity index (χ0n) is 7.99. The van der Waals surface area contributed by atoms with Gasteiger partial charge in [-0.25, -0.2) is 0 Å². The van der Waals surface area contributed by atoms with E-state index < -0.39 is 0 Å². The smallest absolute Gasteiger partial charge is 0.150 e. The number of nitrogens with zero attached hydrogens (tertiary/aromatic N) is 1. The molecule has 2 aromatic rings. The van der Waals surface area contributed by atoms with Crippen LogP contribution < -0.4 is 5.32 Å². The molecule has 0 unspecified atom stereocenters. The number of nitrogens with one attached hydrogen (secondary N) is 1. The Labute approximate surface area is 86.7 Å². The Bertz CT molecular complexity index is 380. The summed E-state index contributed by atoms with van der Waals surface area (Å²) in [6, 6.07) is 6.12. The van der Waals surface area contributed by atoms with Crippen LogP contribution in [-0.4, -0.2) is 5.16 Å². The van der Waals surface area contributed by atoms with E-state index in [0.717, 1.165) is 24.5 Å². The third-order valence-corrected chi connectivity index (χ3v) is 2.73. The van der Waals surface area contributed by atoms with Crippen molar-refractivity contribution in [1.82, 2.24) is 10.5 Å². The molecule has 0 aliphatic carbocycles. The van der Waals surface area contributed by atoms with Gasteiger partial charge >= 0.3 is 0 Å². The molecule has 4 heteroatoms. The van der Waals surface area contributed by atoms with Gasteiger partial charge in [0.05, 0.1) is 12.2 Å². The van der Waals surface area contributed by atoms with Crippen molar-refractivity contribution >= 4 is 11.3 Å². The van der Waals surface area contributed by atoms with Gasteiger partial charge in [0.2, 0.25) is 0 Å². The van der Waals surface area contributed by atoms with Gasteiger partial charge in [0.25, 0.3) is 0 Å². The van der Waals surface area contributed by atoms with Crippen molar-refractivity contribution < 1.29 is 4.52 Å². The second-order valence-electron chi connectivity index (χ2n) is 3.12. The lowest BCUT2D eigenvalue weighted by molar-refractivity contribution is 0.369. The Kier molecular flexibility index (Phi) is 2.96. The summed E-state index contributed by atoms with van der Waals surface area (Å²) >= 11 is 1.75. The average Bonchev–Trinajstić information content (AvgIpc) is 2.77. The van der Waals surface area contributed by atoms with Crippen LogP contribution in [0.15, 0.2) is 28.1 Å². The fourth-order valence-corrected chi connectivity index (χ4v) is 1.90. The molecule has 0 radical (unpaired) electrons. The second kappa shape index (κ2) is 4.39. The lowest BCUT2D eigenvalue weighted by Gasteiger charge is -1.98. The lowest BCUT2D eigenvalue weighted by atomic mass is 10.4. The normalized spacial score (nSPS) is 10.6. The number of thiophene rings is 1. The molecule has 0 saturated heterocycles. The first-order valence-electron chi connectivity index (χ1n) is 4.50. The summed E-state index contributed by atoms with van der Waals surface area (Å²) in [5, 5.41) is 9.19. The summed E-state index contributed by atoms with van der Waals surface area (Å²) in [5.41, 5.74) is 0.929. The van der Waals surface area contributed by atoms with Gasteiger partial charge in [0.1, 0.15) is 0 Å². The van der Waals surface area contributed by atoms with Crippen molar-refractivity contribution in [3.8, 4) is 0 Å². The highest BCUT2D eigenvalue weighted by Crippen LogP contribution is 2.08. The standard InChI is InChI=1S/C10H12N2OS/c1-8-5-9(13-12-8)6-11-7-10-3-2-4-14-10/h2-5,11H,6-7H2,1H3. The third kappa shape index (κ3) is 2.43. The Hall–Kier alpha value is -1.13. The molecule has 2 heterocycles. The first-order valence-corrected chi connectivity index (χ1v) is 5.38. The van der Waals surface area contributed by atoms with Gasteiger partial charge < -0.3 is 9.84 Å². The molecule has 14 heavy (non-hydrogen) atoms. The van der Waals surface area contributed by atoms with Crippen LogP contribution in [0.4, 0.5) is 0 Å². The monoisotopic (exact) mass is 208 g/mol. The van der Waals surface area contributed by atoms with E-state index in [4.69, 9.17) is 4.52 Å². The largest absolute Gasteiger partial charge is 0.360 e. The zero-order valence-corrected chi connectivity index (χ0v) is 8.80. The summed E-state index contributed by atoms with van der Waals surface area (Å²) in [6.07, 6.45) is 0. The number of hydrogen-bond acceptors (Lipinski definition) is 4. The van der Waals surface area contributed by atoms with Crippen molar-refractivity contribution in [3.63, 3.8) is 0 Å². The van der Waals surface area contributed by atoms with Crippen molar-refractivity contribution in [3.05, 3.63) is 39.9 Å². The van der Waals surface area contributed by atoms with Crippen molar-refractivity contribution in [2.45, 2.75) is 20.0 Å². The van der Waals surface area contributed by atoms with Crippen LogP contribution in [0, 0.1) is 6.92 Å². The maximum absolute atomic E-state index is 5.07. The van der Waals surface area contributed by atoms with Gasteiger partial charge in [0.15, 0.2) is 5.76 Å². The molecule has 0 aliphatic heterocycles. The minimum Gasteiger partial charge on any atom is -0.360 e. The fourth-order valence-electron chi connectivity index (χ4n) is 1.22. The molecule has 2 rings (SSSR count). The van der Waals surface area contributed by atoms with Gasteiger partial charge in [-0.3, -0.25) is 0 Å². The van der Waals surface area contributed by atoms with E-state index in [0.29, 0.717) is 0 Å². The van der Waals surface area contributed by atoms with Crippen LogP contribution in [-0.2, 0) is 13.1 Å². The summed E-state index contributed by atoms with van der Waals surface area (Å²) in [4.78, 5) is 1.33. The number of aryl methyl sites for hydroxylation is 1. The molecule has 0 aliphatic rings. The van der Waals surface area contributed by atoms with Crippen LogP contribution in [0.3, 0.4) is 0 Å². The lowest BCUT2D eigenvalue weighted by Crippen LogP contribution is -2.10. The van der Waals surface area contributed by atoms with Crippen molar-refractivity contribution in [2.75, 3.05) is 0 Å². The molecule has 0 bridgehead atoms. The number of rotatable bonds is 4. The first-order chi connectivity index (χ1) is 6.84. The minimum atomic E-state index is 0.735. The minimum absolute atomic E-state index is 0.735. The fraction of sp³-hybridized carbons (Fsp3) is 0.300. The molecule has 0 atom stereocenters. The molecule has 3 nitrogen and oxygen atoms in total. The third-order valence-electron chi connectivity index (χ3n) is 1.86. The van der Waals surface area contributed by atoms with Gasteiger partial charge in [-0.2, -0.15) is 0 Å². The average molecular weight is 208 g/mol. The molecule has 0 fully saturated rings. The van der Waals surface area contributed by atoms with Crippen LogP contribution in [0.1, 0.15) is 16.3 Å². The first kappa shape index (κ1) is 9.43. The highest BCUT2D eigenvalue weighted by molar-refractivity contribution is 7.09. The second-order valence-corrected chi connectivity index (χ2v) is 4.15. The SMILES string of the molecule is Cc1cc(CNCc2cccs2)on1. The van der Waals surface area contributed by atoms with E-state index in [1.54, 1.807) is 11.3 Å². The molecule has 2 aromatic heterocycles. The summed E-state index contributed by atoms with van der Waals surface area (Å²) in [7, 11) is 0. The maximum atomic E-state index is 5.07. The van der Waals surface area contributed by atoms with E-state index in [2.05, 4.69) is 28.0 Å². The van der Waals surface area contributed by atoms with Crippen LogP contribution in [0.5, 0.6) is 0 Å². The predicted octanol–water partition coefficient (Wildman–Crippen LogP) is 2.33. The highest BCUT2D eigenvalue weighted by Gasteiger charge is 1.99. The van der Waals surface area contributed by atoms with E-state index >= 15 is 0 Å². The van der Waals surface area contributed by atoms with Crippen LogP contribution >= 0.6 is 11.3 Å². The Morgan fingerprint density at radius 2 is 2.43 bits per heavy atom. The Morgan fingerprint density at radius 1 is 1.50 bits per heavy atom. The molecule has 1 N–H and O–H groups in total. The molecule has 0 aromatic carbocycles. The van der Waals surface area contributed by atoms with Gasteiger partial charge in [-0.1, -0.05) is 11.2 Å². The molecule has 0 saturated carbocycles. The topological polar surface area (TPSA) is 38.1 Å².